The van der Waals surface area contributed by atoms with E-state index in [1.165, 1.54) is 24.2 Å². The minimum atomic E-state index is 0.626. The van der Waals surface area contributed by atoms with Crippen LogP contribution in [-0.4, -0.2) is 14.6 Å². The Kier molecular flexibility index (Phi) is 5.37. The molecule has 15 heavy (non-hydrogen) atoms. The zero-order valence-corrected chi connectivity index (χ0v) is 11.5. The molecule has 3 heteroatoms. The molecule has 2 nitrogen and oxygen atoms in total. The molecule has 0 aliphatic rings. The molecule has 0 saturated heterocycles. The third kappa shape index (κ3) is 3.98. The molecular formula is C12H21BrN2. The van der Waals surface area contributed by atoms with E-state index in [9.17, 15) is 0 Å². The fourth-order valence-corrected chi connectivity index (χ4v) is 2.05. The van der Waals surface area contributed by atoms with Crippen molar-refractivity contribution >= 4 is 15.9 Å². The number of hydrogen-bond donors (Lipinski definition) is 0. The summed E-state index contributed by atoms with van der Waals surface area (Å²) in [4.78, 5) is 0.626. The molecule has 1 unspecified atom stereocenters. The fraction of sp³-hybridized carbons (Fsp3) is 0.750. The first kappa shape index (κ1) is 12.8. The van der Waals surface area contributed by atoms with Gasteiger partial charge in [-0.2, -0.15) is 5.10 Å². The normalized spacial score (nSPS) is 13.1. The quantitative estimate of drug-likeness (QED) is 0.724. The van der Waals surface area contributed by atoms with Gasteiger partial charge in [0, 0.05) is 17.1 Å². The van der Waals surface area contributed by atoms with Crippen molar-refractivity contribution in [1.82, 2.24) is 9.78 Å². The highest BCUT2D eigenvalue weighted by Crippen LogP contribution is 2.12. The molecule has 0 saturated carbocycles. The van der Waals surface area contributed by atoms with Crippen LogP contribution in [0.4, 0.5) is 0 Å². The Balaban J connectivity index is 2.54. The molecule has 0 aromatic carbocycles. The minimum Gasteiger partial charge on any atom is -0.270 e. The molecule has 0 amide bonds. The molecule has 1 aromatic heterocycles. The molecule has 0 bridgehead atoms. The number of rotatable bonds is 6. The Bertz CT molecular complexity index is 292. The lowest BCUT2D eigenvalue weighted by molar-refractivity contribution is 0.596. The fourth-order valence-electron chi connectivity index (χ4n) is 1.73. The van der Waals surface area contributed by atoms with Crippen molar-refractivity contribution in [2.24, 2.45) is 0 Å². The lowest BCUT2D eigenvalue weighted by Gasteiger charge is -2.05. The van der Waals surface area contributed by atoms with Gasteiger partial charge in [0.2, 0.25) is 0 Å². The lowest BCUT2D eigenvalue weighted by Crippen LogP contribution is -2.03. The Hall–Kier alpha value is -0.310. The average Bonchev–Trinajstić information content (AvgIpc) is 2.60. The van der Waals surface area contributed by atoms with Gasteiger partial charge in [-0.05, 0) is 38.7 Å². The summed E-state index contributed by atoms with van der Waals surface area (Å²) in [6.07, 6.45) is 4.66. The summed E-state index contributed by atoms with van der Waals surface area (Å²) >= 11 is 3.58. The first-order valence-electron chi connectivity index (χ1n) is 5.87. The van der Waals surface area contributed by atoms with E-state index in [0.717, 1.165) is 19.4 Å². The van der Waals surface area contributed by atoms with Gasteiger partial charge in [0.05, 0.1) is 5.69 Å². The van der Waals surface area contributed by atoms with Crippen molar-refractivity contribution in [1.29, 1.82) is 0 Å². The Morgan fingerprint density at radius 1 is 1.47 bits per heavy atom. The number of halogens is 1. The summed E-state index contributed by atoms with van der Waals surface area (Å²) in [6, 6.07) is 2.25. The summed E-state index contributed by atoms with van der Waals surface area (Å²) < 4.78 is 2.14. The molecule has 1 rings (SSSR count). The summed E-state index contributed by atoms with van der Waals surface area (Å²) in [6.45, 7) is 7.50. The van der Waals surface area contributed by atoms with E-state index < -0.39 is 0 Å². The van der Waals surface area contributed by atoms with Gasteiger partial charge >= 0.3 is 0 Å². The van der Waals surface area contributed by atoms with E-state index in [1.807, 2.05) is 0 Å². The molecule has 1 aromatic rings. The molecule has 0 radical (unpaired) electrons. The summed E-state index contributed by atoms with van der Waals surface area (Å²) in [5.74, 6) is 0. The van der Waals surface area contributed by atoms with E-state index in [2.05, 4.69) is 52.5 Å². The van der Waals surface area contributed by atoms with Gasteiger partial charge in [-0.15, -0.1) is 0 Å². The van der Waals surface area contributed by atoms with Crippen LogP contribution < -0.4 is 0 Å². The SMILES string of the molecule is CCc1cc(CCCC(C)Br)n(CC)n1. The van der Waals surface area contributed by atoms with E-state index in [0.29, 0.717) is 4.83 Å². The van der Waals surface area contributed by atoms with Gasteiger partial charge in [-0.3, -0.25) is 4.68 Å². The topological polar surface area (TPSA) is 17.8 Å². The van der Waals surface area contributed by atoms with Gasteiger partial charge < -0.3 is 0 Å². The van der Waals surface area contributed by atoms with Crippen LogP contribution >= 0.6 is 15.9 Å². The second-order valence-electron chi connectivity index (χ2n) is 3.97. The standard InChI is InChI=1S/C12H21BrN2/c1-4-11-9-12(15(5-2)14-11)8-6-7-10(3)13/h9-10H,4-8H2,1-3H3. The summed E-state index contributed by atoms with van der Waals surface area (Å²) in [7, 11) is 0. The van der Waals surface area contributed by atoms with Gasteiger partial charge in [0.25, 0.3) is 0 Å². The second kappa shape index (κ2) is 6.31. The number of aromatic nitrogens is 2. The second-order valence-corrected chi connectivity index (χ2v) is 5.53. The summed E-state index contributed by atoms with van der Waals surface area (Å²) in [5.41, 5.74) is 2.61. The predicted octanol–water partition coefficient (Wildman–Crippen LogP) is 3.57. The van der Waals surface area contributed by atoms with Crippen LogP contribution in [0.25, 0.3) is 0 Å². The van der Waals surface area contributed by atoms with E-state index in [-0.39, 0.29) is 0 Å². The predicted molar refractivity (Wildman–Crippen MR) is 68.6 cm³/mol. The molecule has 0 N–H and O–H groups in total. The first-order valence-corrected chi connectivity index (χ1v) is 6.78. The molecule has 0 aliphatic heterocycles. The average molecular weight is 273 g/mol. The van der Waals surface area contributed by atoms with Crippen LogP contribution in [0, 0.1) is 0 Å². The highest BCUT2D eigenvalue weighted by atomic mass is 79.9. The Morgan fingerprint density at radius 2 is 2.20 bits per heavy atom. The highest BCUT2D eigenvalue weighted by molar-refractivity contribution is 9.09. The first-order chi connectivity index (χ1) is 7.17. The maximum absolute atomic E-state index is 4.55. The zero-order valence-electron chi connectivity index (χ0n) is 9.96. The van der Waals surface area contributed by atoms with Crippen molar-refractivity contribution in [2.75, 3.05) is 0 Å². The Labute approximate surface area is 101 Å². The van der Waals surface area contributed by atoms with Crippen molar-refractivity contribution in [3.05, 3.63) is 17.5 Å². The number of alkyl halides is 1. The monoisotopic (exact) mass is 272 g/mol. The van der Waals surface area contributed by atoms with Crippen molar-refractivity contribution in [3.63, 3.8) is 0 Å². The third-order valence-electron chi connectivity index (χ3n) is 2.61. The van der Waals surface area contributed by atoms with Crippen molar-refractivity contribution in [3.8, 4) is 0 Å². The van der Waals surface area contributed by atoms with Gasteiger partial charge in [-0.25, -0.2) is 0 Å². The van der Waals surface area contributed by atoms with E-state index in [4.69, 9.17) is 0 Å². The van der Waals surface area contributed by atoms with Crippen LogP contribution in [-0.2, 0) is 19.4 Å². The zero-order chi connectivity index (χ0) is 11.3. The minimum absolute atomic E-state index is 0.626. The molecule has 1 atom stereocenters. The highest BCUT2D eigenvalue weighted by Gasteiger charge is 2.05. The largest absolute Gasteiger partial charge is 0.270 e. The van der Waals surface area contributed by atoms with Gasteiger partial charge in [0.1, 0.15) is 0 Å². The van der Waals surface area contributed by atoms with E-state index >= 15 is 0 Å². The van der Waals surface area contributed by atoms with Crippen LogP contribution in [0.3, 0.4) is 0 Å². The van der Waals surface area contributed by atoms with Gasteiger partial charge in [-0.1, -0.05) is 29.8 Å². The van der Waals surface area contributed by atoms with Crippen molar-refractivity contribution < 1.29 is 0 Å². The molecule has 0 aliphatic carbocycles. The van der Waals surface area contributed by atoms with Crippen LogP contribution in [0.15, 0.2) is 6.07 Å². The number of aryl methyl sites for hydroxylation is 3. The van der Waals surface area contributed by atoms with Gasteiger partial charge in [0.15, 0.2) is 0 Å². The number of nitrogens with zero attached hydrogens (tertiary/aromatic N) is 2. The lowest BCUT2D eigenvalue weighted by atomic mass is 10.1. The van der Waals surface area contributed by atoms with Crippen LogP contribution in [0.2, 0.25) is 0 Å². The van der Waals surface area contributed by atoms with E-state index in [1.54, 1.807) is 0 Å². The van der Waals surface area contributed by atoms with Crippen LogP contribution in [0.5, 0.6) is 0 Å². The molecule has 1 heterocycles. The third-order valence-corrected chi connectivity index (χ3v) is 3.07. The maximum atomic E-state index is 4.55. The molecule has 0 spiro atoms. The maximum Gasteiger partial charge on any atom is 0.0624 e. The smallest absolute Gasteiger partial charge is 0.0624 e. The Morgan fingerprint density at radius 3 is 2.73 bits per heavy atom. The van der Waals surface area contributed by atoms with Crippen LogP contribution in [0.1, 0.15) is 45.0 Å². The van der Waals surface area contributed by atoms with Crippen molar-refractivity contribution in [2.45, 2.75) is 57.8 Å². The molecular weight excluding hydrogens is 252 g/mol. The number of hydrogen-bond acceptors (Lipinski definition) is 1. The molecule has 86 valence electrons. The molecule has 0 fully saturated rings. The summed E-state index contributed by atoms with van der Waals surface area (Å²) in [5, 5.41) is 4.55.